The van der Waals surface area contributed by atoms with Gasteiger partial charge in [-0.25, -0.2) is 25.3 Å². The van der Waals surface area contributed by atoms with E-state index >= 15 is 0 Å². The van der Waals surface area contributed by atoms with E-state index in [9.17, 15) is 33.7 Å². The Bertz CT molecular complexity index is 2870. The van der Waals surface area contributed by atoms with Crippen molar-refractivity contribution in [3.8, 4) is 23.0 Å². The molecule has 0 aliphatic rings. The zero-order chi connectivity index (χ0) is 50.8. The van der Waals surface area contributed by atoms with Crippen molar-refractivity contribution in [2.24, 2.45) is 0 Å². The molecule has 20 nitrogen and oxygen atoms in total. The number of hydrogen-bond acceptors (Lipinski definition) is 16. The monoisotopic (exact) mass is 1050 g/mol. The van der Waals surface area contributed by atoms with E-state index in [1.54, 1.807) is 107 Å². The molecule has 0 saturated heterocycles. The highest BCUT2D eigenvalue weighted by atomic mass is 35.7. The average molecular weight is 1060 g/mol. The predicted molar refractivity (Wildman–Crippen MR) is 258 cm³/mol. The Labute approximate surface area is 408 Å². The molecule has 1 N–H and O–H groups in total. The Morgan fingerprint density at radius 2 is 0.768 bits per heavy atom. The summed E-state index contributed by atoms with van der Waals surface area (Å²) in [6.07, 6.45) is 4.89. The molecule has 4 aromatic carbocycles. The normalized spacial score (nSPS) is 11.9. The van der Waals surface area contributed by atoms with Gasteiger partial charge >= 0.3 is 0 Å². The summed E-state index contributed by atoms with van der Waals surface area (Å²) < 4.78 is 126. The van der Waals surface area contributed by atoms with Gasteiger partial charge in [-0.1, -0.05) is 48.5 Å². The minimum absolute atomic E-state index is 0.0574. The first-order valence-corrected chi connectivity index (χ1v) is 27.9. The summed E-state index contributed by atoms with van der Waals surface area (Å²) in [4.78, 5) is 0. The number of aliphatic hydroxyl groups excluding tert-OH is 1. The van der Waals surface area contributed by atoms with Crippen LogP contribution in [0.3, 0.4) is 0 Å². The highest BCUT2D eigenvalue weighted by molar-refractivity contribution is 8.13. The maximum atomic E-state index is 13.5. The quantitative estimate of drug-likeness (QED) is 0.0713. The van der Waals surface area contributed by atoms with Gasteiger partial charge in [-0.15, -0.1) is 0 Å². The molecule has 0 spiro atoms. The fourth-order valence-corrected chi connectivity index (χ4v) is 9.11. The van der Waals surface area contributed by atoms with Crippen molar-refractivity contribution in [1.29, 1.82) is 0 Å². The molecule has 0 aliphatic heterocycles. The van der Waals surface area contributed by atoms with Crippen LogP contribution in [0.1, 0.15) is 22.3 Å². The van der Waals surface area contributed by atoms with E-state index in [2.05, 4.69) is 20.9 Å². The lowest BCUT2D eigenvalue weighted by molar-refractivity contribution is 0.268. The van der Waals surface area contributed by atoms with Gasteiger partial charge in [0.05, 0.1) is 67.3 Å². The molecule has 0 unspecified atom stereocenters. The van der Waals surface area contributed by atoms with Crippen LogP contribution in [-0.2, 0) is 82.7 Å². The van der Waals surface area contributed by atoms with E-state index in [-0.39, 0.29) is 62.5 Å². The Kier molecular flexibility index (Phi) is 21.0. The van der Waals surface area contributed by atoms with Gasteiger partial charge in [-0.2, -0.15) is 27.2 Å². The van der Waals surface area contributed by atoms with Crippen LogP contribution in [0.5, 0.6) is 23.0 Å². The van der Waals surface area contributed by atoms with Gasteiger partial charge in [0.1, 0.15) is 23.0 Å². The van der Waals surface area contributed by atoms with Crippen molar-refractivity contribution in [2.75, 3.05) is 54.2 Å². The van der Waals surface area contributed by atoms with E-state index < -0.39 is 39.2 Å². The van der Waals surface area contributed by atoms with E-state index in [0.717, 1.165) is 34.8 Å². The lowest BCUT2D eigenvalue weighted by Crippen LogP contribution is -2.30. The number of sulfonamides is 2. The molecule has 0 atom stereocenters. The highest BCUT2D eigenvalue weighted by Crippen LogP contribution is 2.25. The third kappa shape index (κ3) is 18.7. The van der Waals surface area contributed by atoms with Crippen LogP contribution in [0, 0.1) is 0 Å². The van der Waals surface area contributed by atoms with Gasteiger partial charge in [0.2, 0.25) is 9.05 Å². The molecule has 69 heavy (non-hydrogen) atoms. The predicted octanol–water partition coefficient (Wildman–Crippen LogP) is 4.74. The number of hydrogen-bond donors (Lipinski definition) is 1. The molecular weight excluding hydrogens is 1000 g/mol. The molecule has 0 radical (unpaired) electrons. The van der Waals surface area contributed by atoms with Gasteiger partial charge in [0, 0.05) is 49.3 Å². The number of aliphatic hydroxyl groups is 1. The molecule has 0 fully saturated rings. The molecule has 0 bridgehead atoms. The summed E-state index contributed by atoms with van der Waals surface area (Å²) in [5, 5.41) is 17.1. The SMILES string of the molecule is COc1ccc(CN(Cc2ccc(OC)cc2)S(=O)(=O)c2ccn(CCO)n2)cc1.COc1ccc(CN(Cc2ccc(OC)cc2)S(=O)(=O)c2ccn(CCOS(C)(=O)=O)n2)cc1.CS(=O)(=O)Cl. The summed E-state index contributed by atoms with van der Waals surface area (Å²) in [6, 6.07) is 31.6. The van der Waals surface area contributed by atoms with Crippen molar-refractivity contribution < 1.29 is 61.9 Å². The highest BCUT2D eigenvalue weighted by Gasteiger charge is 2.29. The van der Waals surface area contributed by atoms with Gasteiger partial charge in [0.15, 0.2) is 10.1 Å². The molecule has 0 saturated carbocycles. The van der Waals surface area contributed by atoms with Crippen molar-refractivity contribution in [3.05, 3.63) is 144 Å². The molecule has 25 heteroatoms. The van der Waals surface area contributed by atoms with E-state index in [0.29, 0.717) is 23.0 Å². The molecule has 6 rings (SSSR count). The van der Waals surface area contributed by atoms with Gasteiger partial charge in [-0.3, -0.25) is 13.5 Å². The number of nitrogens with zero attached hydrogens (tertiary/aromatic N) is 6. The van der Waals surface area contributed by atoms with Crippen LogP contribution in [0.25, 0.3) is 0 Å². The Balaban J connectivity index is 0.000000275. The summed E-state index contributed by atoms with van der Waals surface area (Å²) in [5.41, 5.74) is 3.20. The average Bonchev–Trinajstić information content (AvgIpc) is 4.00. The second-order valence-electron chi connectivity index (χ2n) is 14.7. The van der Waals surface area contributed by atoms with Gasteiger partial charge < -0.3 is 24.1 Å². The van der Waals surface area contributed by atoms with Crippen molar-refractivity contribution in [2.45, 2.75) is 49.3 Å². The van der Waals surface area contributed by atoms with Gasteiger partial charge in [0.25, 0.3) is 30.2 Å². The molecule has 2 aromatic heterocycles. The molecule has 0 aliphatic carbocycles. The fourth-order valence-electron chi connectivity index (χ4n) is 6.05. The lowest BCUT2D eigenvalue weighted by Gasteiger charge is -2.21. The number of ether oxygens (including phenoxy) is 4. The van der Waals surface area contributed by atoms with Crippen molar-refractivity contribution in [3.63, 3.8) is 0 Å². The maximum Gasteiger partial charge on any atom is 0.264 e. The third-order valence-corrected chi connectivity index (χ3v) is 13.4. The van der Waals surface area contributed by atoms with Crippen molar-refractivity contribution >= 4 is 49.9 Å². The van der Waals surface area contributed by atoms with Crippen LogP contribution in [0.4, 0.5) is 0 Å². The fraction of sp³-hybridized carbons (Fsp3) is 0.318. The Morgan fingerprint density at radius 1 is 0.493 bits per heavy atom. The smallest absolute Gasteiger partial charge is 0.264 e. The number of rotatable bonds is 22. The largest absolute Gasteiger partial charge is 0.497 e. The van der Waals surface area contributed by atoms with Crippen LogP contribution in [-0.4, -0.2) is 121 Å². The van der Waals surface area contributed by atoms with Crippen LogP contribution >= 0.6 is 10.7 Å². The van der Waals surface area contributed by atoms with Crippen LogP contribution in [0.2, 0.25) is 0 Å². The summed E-state index contributed by atoms with van der Waals surface area (Å²) in [6.45, 7) is 0.608. The zero-order valence-corrected chi connectivity index (χ0v) is 42.7. The molecule has 2 heterocycles. The summed E-state index contributed by atoms with van der Waals surface area (Å²) in [7, 11) is -3.85. The summed E-state index contributed by atoms with van der Waals surface area (Å²) in [5.74, 6) is 2.74. The number of benzene rings is 4. The zero-order valence-electron chi connectivity index (χ0n) is 38.7. The minimum Gasteiger partial charge on any atom is -0.497 e. The second kappa shape index (κ2) is 25.9. The van der Waals surface area contributed by atoms with Crippen molar-refractivity contribution in [1.82, 2.24) is 28.2 Å². The first kappa shape index (κ1) is 56.0. The standard InChI is InChI=1S/C22H27N3O7S2.C21H25N3O5S.CH3ClO2S/c1-30-20-8-4-18(5-9-20)16-25(17-19-6-10-21(31-2)11-7-19)34(28,29)22-12-13-24(23-22)14-15-32-33(3,26)27;1-28-19-7-3-17(4-8-19)15-24(16-18-5-9-20(29-2)10-6-18)30(26,27)21-11-12-23(22-21)13-14-25;1-5(2,3)4/h4-13H,14-17H2,1-3H3;3-12,25H,13-16H2,1-2H3;1H3. The number of methoxy groups -OCH3 is 4. The van der Waals surface area contributed by atoms with Crippen LogP contribution < -0.4 is 18.9 Å². The Hall–Kier alpha value is -5.57. The third-order valence-electron chi connectivity index (χ3n) is 9.46. The van der Waals surface area contributed by atoms with E-state index in [4.69, 9.17) is 28.2 Å². The topological polar surface area (TPSA) is 245 Å². The van der Waals surface area contributed by atoms with Crippen LogP contribution in [0.15, 0.2) is 132 Å². The minimum atomic E-state index is -3.98. The first-order chi connectivity index (χ1) is 32.6. The Morgan fingerprint density at radius 3 is 1.01 bits per heavy atom. The van der Waals surface area contributed by atoms with E-state index in [1.165, 1.54) is 36.3 Å². The second-order valence-corrected chi connectivity index (χ2v) is 23.2. The summed E-state index contributed by atoms with van der Waals surface area (Å²) >= 11 is 0. The lowest BCUT2D eigenvalue weighted by atomic mass is 10.2. The molecule has 6 aromatic rings. The molecule has 0 amide bonds. The van der Waals surface area contributed by atoms with E-state index in [1.807, 2.05) is 24.3 Å². The molecule has 376 valence electrons. The molecular formula is C44H55ClN6O14S4. The first-order valence-electron chi connectivity index (χ1n) is 20.5. The maximum absolute atomic E-state index is 13.5. The number of halogens is 1. The number of aromatic nitrogens is 4. The van der Waals surface area contributed by atoms with Gasteiger partial charge in [-0.05, 0) is 82.9 Å².